The van der Waals surface area contributed by atoms with Crippen molar-refractivity contribution in [3.63, 3.8) is 0 Å². The minimum Gasteiger partial charge on any atom is -0.319 e. The first-order valence-corrected chi connectivity index (χ1v) is 2.64. The van der Waals surface area contributed by atoms with Crippen LogP contribution in [0.3, 0.4) is 0 Å². The van der Waals surface area contributed by atoms with Crippen LogP contribution in [0, 0.1) is 0 Å². The van der Waals surface area contributed by atoms with Gasteiger partial charge in [-0.15, -0.1) is 0 Å². The summed E-state index contributed by atoms with van der Waals surface area (Å²) in [6.07, 6.45) is -4.86. The minimum absolute atomic E-state index is 0.341. The molecule has 0 saturated carbocycles. The van der Waals surface area contributed by atoms with Gasteiger partial charge in [-0.3, -0.25) is 4.79 Å². The Hall–Kier alpha value is -0.360. The van der Waals surface area contributed by atoms with Gasteiger partial charge in [0, 0.05) is 7.11 Å². The van der Waals surface area contributed by atoms with Crippen molar-refractivity contribution < 1.29 is 27.1 Å². The highest BCUT2D eigenvalue weighted by Crippen LogP contribution is 2.36. The van der Waals surface area contributed by atoms with Gasteiger partial charge in [0.05, 0.1) is 0 Å². The molecule has 0 N–H and O–H groups in total. The lowest BCUT2D eigenvalue weighted by Crippen LogP contribution is -2.46. The van der Waals surface area contributed by atoms with Gasteiger partial charge in [0.25, 0.3) is 0 Å². The normalized spacial score (nSPS) is 13.3. The Morgan fingerprint density at radius 3 is 1.82 bits per heavy atom. The third-order valence-corrected chi connectivity index (χ3v) is 1.11. The molecule has 11 heavy (non-hydrogen) atoms. The fourth-order valence-corrected chi connectivity index (χ4v) is 0.353. The molecule has 0 aliphatic rings. The molecule has 0 heterocycles. The number of hydrogen-bond donors (Lipinski definition) is 0. The molecular weight excluding hydrogens is 191 g/mol. The molecule has 7 heteroatoms. The van der Waals surface area contributed by atoms with Crippen LogP contribution in [0.4, 0.5) is 17.6 Å². The molecule has 0 aliphatic carbocycles. The van der Waals surface area contributed by atoms with Gasteiger partial charge in [0.15, 0.2) is 0 Å². The largest absolute Gasteiger partial charge is 0.428 e. The third-order valence-electron chi connectivity index (χ3n) is 0.869. The Morgan fingerprint density at radius 2 is 1.73 bits per heavy atom. The highest BCUT2D eigenvalue weighted by atomic mass is 35.5. The van der Waals surface area contributed by atoms with Gasteiger partial charge >= 0.3 is 17.3 Å². The molecule has 0 saturated heterocycles. The summed E-state index contributed by atoms with van der Waals surface area (Å²) < 4.78 is 50.8. The smallest absolute Gasteiger partial charge is 0.319 e. The first-order chi connectivity index (χ1) is 4.75. The lowest BCUT2D eigenvalue weighted by atomic mass is 10.3. The number of ether oxygens (including phenoxy) is 1. The number of rotatable bonds is 3. The van der Waals surface area contributed by atoms with Crippen molar-refractivity contribution in [1.29, 1.82) is 0 Å². The SMILES string of the molecule is COC(F)(F)C(F)(F)C(=O)Cl. The fraction of sp³-hybridized carbons (Fsp3) is 0.750. The molecule has 0 aromatic rings. The molecule has 66 valence electrons. The highest BCUT2D eigenvalue weighted by Gasteiger charge is 2.62. The zero-order chi connectivity index (χ0) is 9.28. The molecule has 0 fully saturated rings. The van der Waals surface area contributed by atoms with Crippen LogP contribution in [0.25, 0.3) is 0 Å². The van der Waals surface area contributed by atoms with Gasteiger partial charge in [-0.25, -0.2) is 0 Å². The minimum atomic E-state index is -4.98. The zero-order valence-electron chi connectivity index (χ0n) is 5.21. The fourth-order valence-electron chi connectivity index (χ4n) is 0.243. The quantitative estimate of drug-likeness (QED) is 0.504. The highest BCUT2D eigenvalue weighted by molar-refractivity contribution is 6.65. The van der Waals surface area contributed by atoms with E-state index >= 15 is 0 Å². The van der Waals surface area contributed by atoms with E-state index in [2.05, 4.69) is 16.3 Å². The number of carbonyl (C=O) groups is 1. The van der Waals surface area contributed by atoms with Crippen LogP contribution in [-0.2, 0) is 9.53 Å². The molecule has 0 unspecified atom stereocenters. The van der Waals surface area contributed by atoms with Gasteiger partial charge in [0.1, 0.15) is 0 Å². The molecule has 0 atom stereocenters. The molecule has 0 aromatic heterocycles. The number of methoxy groups -OCH3 is 1. The van der Waals surface area contributed by atoms with Gasteiger partial charge in [-0.1, -0.05) is 0 Å². The number of hydrogen-bond acceptors (Lipinski definition) is 2. The van der Waals surface area contributed by atoms with Crippen molar-refractivity contribution in [3.05, 3.63) is 0 Å². The maximum absolute atomic E-state index is 12.0. The molecule has 2 nitrogen and oxygen atoms in total. The van der Waals surface area contributed by atoms with Crippen LogP contribution in [0.5, 0.6) is 0 Å². The van der Waals surface area contributed by atoms with E-state index in [1.807, 2.05) is 0 Å². The summed E-state index contributed by atoms with van der Waals surface area (Å²) in [5.74, 6) is -4.98. The van der Waals surface area contributed by atoms with Gasteiger partial charge in [0.2, 0.25) is 0 Å². The summed E-state index contributed by atoms with van der Waals surface area (Å²) in [5.41, 5.74) is 0. The number of alkyl halides is 4. The Morgan fingerprint density at radius 1 is 1.36 bits per heavy atom. The average Bonchev–Trinajstić information content (AvgIpc) is 1.87. The van der Waals surface area contributed by atoms with E-state index in [4.69, 9.17) is 0 Å². The van der Waals surface area contributed by atoms with Crippen molar-refractivity contribution in [2.45, 2.75) is 12.0 Å². The lowest BCUT2D eigenvalue weighted by molar-refractivity contribution is -0.320. The summed E-state index contributed by atoms with van der Waals surface area (Å²) in [5, 5.41) is -2.45. The van der Waals surface area contributed by atoms with E-state index < -0.39 is 17.3 Å². The lowest BCUT2D eigenvalue weighted by Gasteiger charge is -2.20. The summed E-state index contributed by atoms with van der Waals surface area (Å²) in [6, 6.07) is 0. The monoisotopic (exact) mass is 194 g/mol. The second-order valence-electron chi connectivity index (χ2n) is 1.57. The second-order valence-corrected chi connectivity index (χ2v) is 1.91. The van der Waals surface area contributed by atoms with Gasteiger partial charge < -0.3 is 4.74 Å². The summed E-state index contributed by atoms with van der Waals surface area (Å²) in [7, 11) is 0.341. The zero-order valence-corrected chi connectivity index (χ0v) is 5.96. The van der Waals surface area contributed by atoms with Crippen LogP contribution in [0.2, 0.25) is 0 Å². The van der Waals surface area contributed by atoms with Crippen molar-refractivity contribution in [3.8, 4) is 0 Å². The summed E-state index contributed by atoms with van der Waals surface area (Å²) >= 11 is 4.18. The van der Waals surface area contributed by atoms with Crippen molar-refractivity contribution in [2.24, 2.45) is 0 Å². The summed E-state index contributed by atoms with van der Waals surface area (Å²) in [6.45, 7) is 0. The molecule has 0 aromatic carbocycles. The Balaban J connectivity index is 4.67. The van der Waals surface area contributed by atoms with Crippen LogP contribution in [0.15, 0.2) is 0 Å². The van der Waals surface area contributed by atoms with E-state index in [1.165, 1.54) is 0 Å². The third kappa shape index (κ3) is 1.81. The van der Waals surface area contributed by atoms with E-state index in [1.54, 1.807) is 0 Å². The average molecular weight is 195 g/mol. The predicted molar refractivity (Wildman–Crippen MR) is 27.8 cm³/mol. The number of halogens is 5. The molecule has 0 spiro atoms. The Kier molecular flexibility index (Phi) is 2.85. The van der Waals surface area contributed by atoms with Crippen LogP contribution < -0.4 is 0 Å². The van der Waals surface area contributed by atoms with Gasteiger partial charge in [-0.05, 0) is 11.6 Å². The Labute approximate surface area is 64.1 Å². The van der Waals surface area contributed by atoms with Gasteiger partial charge in [-0.2, -0.15) is 17.6 Å². The van der Waals surface area contributed by atoms with E-state index in [9.17, 15) is 22.4 Å². The molecule has 0 rings (SSSR count). The standard InChI is InChI=1S/C4H3ClF4O2/c1-11-4(8,9)3(6,7)2(5)10/h1H3. The van der Waals surface area contributed by atoms with Crippen LogP contribution in [-0.4, -0.2) is 24.4 Å². The number of carbonyl (C=O) groups excluding carboxylic acids is 1. The van der Waals surface area contributed by atoms with Crippen molar-refractivity contribution >= 4 is 16.8 Å². The van der Waals surface area contributed by atoms with E-state index in [-0.39, 0.29) is 0 Å². The second kappa shape index (κ2) is 2.94. The predicted octanol–water partition coefficient (Wildman–Crippen LogP) is 1.63. The van der Waals surface area contributed by atoms with Crippen LogP contribution in [0.1, 0.15) is 0 Å². The van der Waals surface area contributed by atoms with Crippen molar-refractivity contribution in [2.75, 3.05) is 7.11 Å². The molecule has 0 bridgehead atoms. The molecule has 0 amide bonds. The van der Waals surface area contributed by atoms with E-state index in [0.717, 1.165) is 0 Å². The van der Waals surface area contributed by atoms with Crippen molar-refractivity contribution in [1.82, 2.24) is 0 Å². The summed E-state index contributed by atoms with van der Waals surface area (Å²) in [4.78, 5) is 9.73. The van der Waals surface area contributed by atoms with Crippen LogP contribution >= 0.6 is 11.6 Å². The molecule has 0 aliphatic heterocycles. The first-order valence-electron chi connectivity index (χ1n) is 2.26. The molecular formula is C4H3ClF4O2. The maximum atomic E-state index is 12.0. The Bertz CT molecular complexity index is 169. The maximum Gasteiger partial charge on any atom is 0.428 e. The first kappa shape index (κ1) is 10.6. The molecule has 0 radical (unpaired) electrons. The topological polar surface area (TPSA) is 26.3 Å². The van der Waals surface area contributed by atoms with E-state index in [0.29, 0.717) is 7.11 Å².